The van der Waals surface area contributed by atoms with Gasteiger partial charge in [-0.2, -0.15) is 0 Å². The SMILES string of the molecule is Cc1ccccc1-c1cc(O)c2c(c1)CN(C[C@H]1CCCNC1)CCO2. The molecule has 1 fully saturated rings. The number of aromatic hydroxyl groups is 1. The number of nitrogens with zero attached hydrogens (tertiary/aromatic N) is 1. The number of phenolic OH excluding ortho intramolecular Hbond substituents is 1. The fourth-order valence-corrected chi connectivity index (χ4v) is 4.21. The van der Waals surface area contributed by atoms with Crippen LogP contribution in [-0.4, -0.2) is 42.8 Å². The van der Waals surface area contributed by atoms with E-state index in [-0.39, 0.29) is 5.75 Å². The Hall–Kier alpha value is -2.04. The number of piperidine rings is 1. The maximum atomic E-state index is 10.6. The Morgan fingerprint density at radius 2 is 2.15 bits per heavy atom. The molecule has 2 aliphatic rings. The molecule has 138 valence electrons. The average Bonchev–Trinajstić information content (AvgIpc) is 2.85. The summed E-state index contributed by atoms with van der Waals surface area (Å²) in [6, 6.07) is 12.3. The summed E-state index contributed by atoms with van der Waals surface area (Å²) in [5.41, 5.74) is 4.53. The van der Waals surface area contributed by atoms with Gasteiger partial charge in [-0.1, -0.05) is 24.3 Å². The number of ether oxygens (including phenoxy) is 1. The summed E-state index contributed by atoms with van der Waals surface area (Å²) in [5.74, 6) is 1.62. The molecule has 0 amide bonds. The lowest BCUT2D eigenvalue weighted by Crippen LogP contribution is -2.38. The zero-order valence-electron chi connectivity index (χ0n) is 15.5. The van der Waals surface area contributed by atoms with Crippen LogP contribution in [0.3, 0.4) is 0 Å². The third-order valence-electron chi connectivity index (χ3n) is 5.57. The van der Waals surface area contributed by atoms with Gasteiger partial charge in [0.05, 0.1) is 0 Å². The number of aryl methyl sites for hydroxylation is 1. The minimum Gasteiger partial charge on any atom is -0.504 e. The molecule has 2 aromatic rings. The summed E-state index contributed by atoms with van der Waals surface area (Å²) >= 11 is 0. The molecule has 26 heavy (non-hydrogen) atoms. The second-order valence-corrected chi connectivity index (χ2v) is 7.59. The minimum absolute atomic E-state index is 0.252. The van der Waals surface area contributed by atoms with Crippen molar-refractivity contribution in [3.05, 3.63) is 47.5 Å². The molecule has 2 heterocycles. The summed E-state index contributed by atoms with van der Waals surface area (Å²) in [6.07, 6.45) is 2.57. The number of fused-ring (bicyclic) bond motifs is 1. The van der Waals surface area contributed by atoms with Crippen molar-refractivity contribution in [2.75, 3.05) is 32.8 Å². The van der Waals surface area contributed by atoms with E-state index in [2.05, 4.69) is 35.3 Å². The van der Waals surface area contributed by atoms with Gasteiger partial charge in [-0.05, 0) is 67.6 Å². The van der Waals surface area contributed by atoms with Crippen molar-refractivity contribution < 1.29 is 9.84 Å². The first-order chi connectivity index (χ1) is 12.7. The van der Waals surface area contributed by atoms with Crippen LogP contribution in [0.5, 0.6) is 11.5 Å². The lowest BCUT2D eigenvalue weighted by molar-refractivity contribution is 0.182. The molecule has 0 spiro atoms. The zero-order valence-corrected chi connectivity index (χ0v) is 15.5. The van der Waals surface area contributed by atoms with Crippen LogP contribution < -0.4 is 10.1 Å². The predicted molar refractivity (Wildman–Crippen MR) is 105 cm³/mol. The van der Waals surface area contributed by atoms with Crippen molar-refractivity contribution in [2.24, 2.45) is 5.92 Å². The molecule has 2 N–H and O–H groups in total. The molecule has 0 aromatic heterocycles. The number of benzene rings is 2. The molecule has 0 bridgehead atoms. The highest BCUT2D eigenvalue weighted by molar-refractivity contribution is 5.71. The van der Waals surface area contributed by atoms with Crippen LogP contribution in [0.2, 0.25) is 0 Å². The Morgan fingerprint density at radius 1 is 1.27 bits per heavy atom. The van der Waals surface area contributed by atoms with Gasteiger partial charge in [-0.3, -0.25) is 4.90 Å². The standard InChI is InChI=1S/C22H28N2O2/c1-16-5-2-3-7-20(16)18-11-19-15-24(14-17-6-4-8-23-13-17)9-10-26-22(19)21(25)12-18/h2-3,5,7,11-12,17,23,25H,4,6,8-10,13-15H2,1H3/t17-/m0/s1. The topological polar surface area (TPSA) is 44.7 Å². The van der Waals surface area contributed by atoms with Crippen LogP contribution in [-0.2, 0) is 6.54 Å². The highest BCUT2D eigenvalue weighted by atomic mass is 16.5. The lowest BCUT2D eigenvalue weighted by Gasteiger charge is -2.29. The van der Waals surface area contributed by atoms with Crippen LogP contribution in [0.25, 0.3) is 11.1 Å². The summed E-state index contributed by atoms with van der Waals surface area (Å²) in [4.78, 5) is 2.48. The number of hydrogen-bond acceptors (Lipinski definition) is 4. The highest BCUT2D eigenvalue weighted by Crippen LogP contribution is 2.38. The fraction of sp³-hybridized carbons (Fsp3) is 0.455. The smallest absolute Gasteiger partial charge is 0.165 e. The Labute approximate surface area is 155 Å². The summed E-state index contributed by atoms with van der Waals surface area (Å²) in [5, 5.41) is 14.1. The summed E-state index contributed by atoms with van der Waals surface area (Å²) < 4.78 is 5.91. The van der Waals surface area contributed by atoms with Crippen molar-refractivity contribution in [1.29, 1.82) is 0 Å². The molecule has 2 aliphatic heterocycles. The van der Waals surface area contributed by atoms with E-state index in [4.69, 9.17) is 4.74 Å². The number of nitrogens with one attached hydrogen (secondary N) is 1. The van der Waals surface area contributed by atoms with E-state index in [0.717, 1.165) is 49.4 Å². The summed E-state index contributed by atoms with van der Waals surface area (Å²) in [7, 11) is 0. The lowest BCUT2D eigenvalue weighted by atomic mass is 9.97. The second-order valence-electron chi connectivity index (χ2n) is 7.59. The van der Waals surface area contributed by atoms with E-state index in [9.17, 15) is 5.11 Å². The normalized spacial score (nSPS) is 20.9. The van der Waals surface area contributed by atoms with Crippen LogP contribution >= 0.6 is 0 Å². The molecule has 2 aromatic carbocycles. The zero-order chi connectivity index (χ0) is 17.9. The first-order valence-corrected chi connectivity index (χ1v) is 9.68. The Balaban J connectivity index is 1.60. The highest BCUT2D eigenvalue weighted by Gasteiger charge is 2.23. The molecule has 4 heteroatoms. The van der Waals surface area contributed by atoms with E-state index < -0.39 is 0 Å². The average molecular weight is 352 g/mol. The molecule has 1 saturated heterocycles. The predicted octanol–water partition coefficient (Wildman–Crippen LogP) is 3.56. The summed E-state index contributed by atoms with van der Waals surface area (Å²) in [6.45, 7) is 7.82. The largest absolute Gasteiger partial charge is 0.504 e. The first kappa shape index (κ1) is 17.4. The van der Waals surface area contributed by atoms with Crippen LogP contribution in [0.1, 0.15) is 24.0 Å². The molecule has 0 saturated carbocycles. The minimum atomic E-state index is 0.252. The Morgan fingerprint density at radius 3 is 2.96 bits per heavy atom. The van der Waals surface area contributed by atoms with Gasteiger partial charge in [0.2, 0.25) is 0 Å². The first-order valence-electron chi connectivity index (χ1n) is 9.68. The van der Waals surface area contributed by atoms with E-state index in [1.807, 2.05) is 18.2 Å². The number of hydrogen-bond donors (Lipinski definition) is 2. The fourth-order valence-electron chi connectivity index (χ4n) is 4.21. The maximum Gasteiger partial charge on any atom is 0.165 e. The third-order valence-corrected chi connectivity index (χ3v) is 5.57. The van der Waals surface area contributed by atoms with Gasteiger partial charge in [0.15, 0.2) is 11.5 Å². The van der Waals surface area contributed by atoms with E-state index in [0.29, 0.717) is 18.3 Å². The van der Waals surface area contributed by atoms with Crippen molar-refractivity contribution in [1.82, 2.24) is 10.2 Å². The van der Waals surface area contributed by atoms with E-state index in [1.54, 1.807) is 0 Å². The molecular formula is C22H28N2O2. The number of rotatable bonds is 3. The van der Waals surface area contributed by atoms with Gasteiger partial charge in [0, 0.05) is 25.2 Å². The molecule has 4 rings (SSSR count). The van der Waals surface area contributed by atoms with E-state index in [1.165, 1.54) is 18.4 Å². The van der Waals surface area contributed by atoms with Gasteiger partial charge in [0.1, 0.15) is 6.61 Å². The molecule has 0 aliphatic carbocycles. The van der Waals surface area contributed by atoms with E-state index >= 15 is 0 Å². The van der Waals surface area contributed by atoms with Gasteiger partial charge < -0.3 is 15.2 Å². The van der Waals surface area contributed by atoms with Crippen LogP contribution in [0.15, 0.2) is 36.4 Å². The molecule has 4 nitrogen and oxygen atoms in total. The Kier molecular flexibility index (Phi) is 5.14. The van der Waals surface area contributed by atoms with Crippen molar-refractivity contribution in [3.63, 3.8) is 0 Å². The molecule has 0 unspecified atom stereocenters. The van der Waals surface area contributed by atoms with Crippen LogP contribution in [0, 0.1) is 12.8 Å². The maximum absolute atomic E-state index is 10.6. The van der Waals surface area contributed by atoms with Crippen molar-refractivity contribution in [2.45, 2.75) is 26.3 Å². The van der Waals surface area contributed by atoms with Gasteiger partial charge in [-0.15, -0.1) is 0 Å². The van der Waals surface area contributed by atoms with Gasteiger partial charge >= 0.3 is 0 Å². The number of phenols is 1. The second kappa shape index (κ2) is 7.68. The monoisotopic (exact) mass is 352 g/mol. The quantitative estimate of drug-likeness (QED) is 0.887. The van der Waals surface area contributed by atoms with Crippen molar-refractivity contribution in [3.8, 4) is 22.6 Å². The molecular weight excluding hydrogens is 324 g/mol. The Bertz CT molecular complexity index is 769. The van der Waals surface area contributed by atoms with Gasteiger partial charge in [-0.25, -0.2) is 0 Å². The molecule has 0 radical (unpaired) electrons. The van der Waals surface area contributed by atoms with Crippen LogP contribution in [0.4, 0.5) is 0 Å². The molecule has 1 atom stereocenters. The van der Waals surface area contributed by atoms with Crippen molar-refractivity contribution >= 4 is 0 Å². The van der Waals surface area contributed by atoms with Gasteiger partial charge in [0.25, 0.3) is 0 Å². The third kappa shape index (κ3) is 3.71.